The molecule has 0 bridgehead atoms. The Balaban J connectivity index is 2.14. The lowest BCUT2D eigenvalue weighted by atomic mass is 9.99. The van der Waals surface area contributed by atoms with Gasteiger partial charge in [0.15, 0.2) is 12.1 Å². The van der Waals surface area contributed by atoms with Crippen LogP contribution in [0.3, 0.4) is 0 Å². The van der Waals surface area contributed by atoms with E-state index in [0.29, 0.717) is 0 Å². The zero-order valence-corrected chi connectivity index (χ0v) is 8.52. The molecule has 0 aliphatic carbocycles. The van der Waals surface area contributed by atoms with Gasteiger partial charge in [-0.05, 0) is 13.8 Å². The van der Waals surface area contributed by atoms with Crippen molar-refractivity contribution in [3.8, 4) is 0 Å². The molecule has 2 rings (SSSR count). The number of halogens is 2. The summed E-state index contributed by atoms with van der Waals surface area (Å²) in [5.74, 6) is -2.02. The highest BCUT2D eigenvalue weighted by molar-refractivity contribution is 4.93. The van der Waals surface area contributed by atoms with E-state index in [1.54, 1.807) is 13.8 Å². The van der Waals surface area contributed by atoms with Gasteiger partial charge in [-0.3, -0.25) is 0 Å². The SMILES string of the molecule is CC1(C)O[C@H]2O[C@H](CO)C(C(F)F)[C@H]2O1. The second-order valence-corrected chi connectivity index (χ2v) is 4.24. The van der Waals surface area contributed by atoms with Gasteiger partial charge >= 0.3 is 0 Å². The number of hydrogen-bond donors (Lipinski definition) is 1. The van der Waals surface area contributed by atoms with Crippen LogP contribution in [0.5, 0.6) is 0 Å². The fourth-order valence-corrected chi connectivity index (χ4v) is 2.07. The van der Waals surface area contributed by atoms with Crippen molar-refractivity contribution in [3.05, 3.63) is 0 Å². The lowest BCUT2D eigenvalue weighted by molar-refractivity contribution is -0.218. The number of fused-ring (bicyclic) bond motifs is 1. The molecular weight excluding hydrogens is 210 g/mol. The summed E-state index contributed by atoms with van der Waals surface area (Å²) < 4.78 is 41.3. The van der Waals surface area contributed by atoms with Crippen molar-refractivity contribution in [2.24, 2.45) is 5.92 Å². The van der Waals surface area contributed by atoms with Gasteiger partial charge in [-0.25, -0.2) is 8.78 Å². The molecule has 2 aliphatic heterocycles. The second kappa shape index (κ2) is 3.62. The first-order valence-corrected chi connectivity index (χ1v) is 4.85. The van der Waals surface area contributed by atoms with E-state index in [1.165, 1.54) is 0 Å². The molecule has 1 unspecified atom stereocenters. The number of hydrogen-bond acceptors (Lipinski definition) is 4. The van der Waals surface area contributed by atoms with Gasteiger partial charge in [-0.15, -0.1) is 0 Å². The third-order valence-electron chi connectivity index (χ3n) is 2.68. The molecule has 2 aliphatic rings. The second-order valence-electron chi connectivity index (χ2n) is 4.24. The number of aliphatic hydroxyl groups is 1. The van der Waals surface area contributed by atoms with Crippen molar-refractivity contribution in [1.82, 2.24) is 0 Å². The fourth-order valence-electron chi connectivity index (χ4n) is 2.07. The van der Waals surface area contributed by atoms with E-state index in [4.69, 9.17) is 19.3 Å². The van der Waals surface area contributed by atoms with Gasteiger partial charge in [0, 0.05) is 0 Å². The smallest absolute Gasteiger partial charge is 0.246 e. The molecule has 2 heterocycles. The van der Waals surface area contributed by atoms with Gasteiger partial charge in [0.1, 0.15) is 6.10 Å². The van der Waals surface area contributed by atoms with Crippen molar-refractivity contribution in [3.63, 3.8) is 0 Å². The van der Waals surface area contributed by atoms with Crippen LogP contribution in [-0.4, -0.2) is 42.4 Å². The summed E-state index contributed by atoms with van der Waals surface area (Å²) in [4.78, 5) is 0. The van der Waals surface area contributed by atoms with Crippen LogP contribution >= 0.6 is 0 Å². The maximum absolute atomic E-state index is 12.7. The summed E-state index contributed by atoms with van der Waals surface area (Å²) in [7, 11) is 0. The molecule has 0 radical (unpaired) electrons. The highest BCUT2D eigenvalue weighted by Gasteiger charge is 2.57. The van der Waals surface area contributed by atoms with Crippen LogP contribution in [0.4, 0.5) is 8.78 Å². The molecule has 0 amide bonds. The quantitative estimate of drug-likeness (QED) is 0.751. The number of rotatable bonds is 2. The normalized spacial score (nSPS) is 43.6. The van der Waals surface area contributed by atoms with Crippen molar-refractivity contribution in [2.75, 3.05) is 6.61 Å². The van der Waals surface area contributed by atoms with Crippen LogP contribution in [0.2, 0.25) is 0 Å². The van der Waals surface area contributed by atoms with Gasteiger partial charge in [0.05, 0.1) is 18.6 Å². The summed E-state index contributed by atoms with van der Waals surface area (Å²) in [5.41, 5.74) is 0. The molecule has 0 spiro atoms. The van der Waals surface area contributed by atoms with E-state index in [9.17, 15) is 8.78 Å². The average Bonchev–Trinajstić information content (AvgIpc) is 2.54. The van der Waals surface area contributed by atoms with Gasteiger partial charge in [-0.2, -0.15) is 0 Å². The molecule has 0 aromatic rings. The molecule has 1 N–H and O–H groups in total. The Morgan fingerprint density at radius 3 is 2.53 bits per heavy atom. The largest absolute Gasteiger partial charge is 0.394 e. The van der Waals surface area contributed by atoms with Crippen LogP contribution < -0.4 is 0 Å². The molecule has 4 nitrogen and oxygen atoms in total. The van der Waals surface area contributed by atoms with E-state index in [-0.39, 0.29) is 0 Å². The standard InChI is InChI=1S/C9H14F2O4/c1-9(2)14-6-5(7(10)11)4(3-12)13-8(6)15-9/h4-8,12H,3H2,1-2H3/t4-,5?,6-,8-/m1/s1. The van der Waals surface area contributed by atoms with E-state index in [1.807, 2.05) is 0 Å². The molecular formula is C9H14F2O4. The maximum atomic E-state index is 12.7. The highest BCUT2D eigenvalue weighted by Crippen LogP contribution is 2.42. The fraction of sp³-hybridized carbons (Fsp3) is 1.00. The minimum absolute atomic E-state index is 0.449. The molecule has 4 atom stereocenters. The minimum atomic E-state index is -2.59. The van der Waals surface area contributed by atoms with E-state index < -0.39 is 43.2 Å². The van der Waals surface area contributed by atoms with Crippen molar-refractivity contribution < 1.29 is 28.1 Å². The Bertz CT molecular complexity index is 246. The first kappa shape index (κ1) is 11.2. The number of alkyl halides is 2. The molecule has 0 aromatic carbocycles. The van der Waals surface area contributed by atoms with Crippen LogP contribution in [0.1, 0.15) is 13.8 Å². The number of ether oxygens (including phenoxy) is 3. The third kappa shape index (κ3) is 1.87. The number of aliphatic hydroxyl groups excluding tert-OH is 1. The van der Waals surface area contributed by atoms with Gasteiger partial charge in [0.2, 0.25) is 6.43 Å². The van der Waals surface area contributed by atoms with Crippen molar-refractivity contribution >= 4 is 0 Å². The van der Waals surface area contributed by atoms with E-state index in [0.717, 1.165) is 0 Å². The predicted octanol–water partition coefficient (Wildman–Crippen LogP) is 0.736. The van der Waals surface area contributed by atoms with E-state index >= 15 is 0 Å². The Morgan fingerprint density at radius 2 is 2.00 bits per heavy atom. The minimum Gasteiger partial charge on any atom is -0.394 e. The predicted molar refractivity (Wildman–Crippen MR) is 45.3 cm³/mol. The molecule has 0 aromatic heterocycles. The van der Waals surface area contributed by atoms with E-state index in [2.05, 4.69) is 0 Å². The summed E-state index contributed by atoms with van der Waals surface area (Å²) in [6, 6.07) is 0. The van der Waals surface area contributed by atoms with Gasteiger partial charge < -0.3 is 19.3 Å². The van der Waals surface area contributed by atoms with Crippen LogP contribution in [0, 0.1) is 5.92 Å². The van der Waals surface area contributed by atoms with Crippen molar-refractivity contribution in [2.45, 2.75) is 44.6 Å². The average molecular weight is 224 g/mol. The zero-order valence-electron chi connectivity index (χ0n) is 8.52. The van der Waals surface area contributed by atoms with Crippen molar-refractivity contribution in [1.29, 1.82) is 0 Å². The van der Waals surface area contributed by atoms with Crippen LogP contribution in [0.15, 0.2) is 0 Å². The molecule has 6 heteroatoms. The van der Waals surface area contributed by atoms with Crippen LogP contribution in [-0.2, 0) is 14.2 Å². The Kier molecular flexibility index (Phi) is 2.70. The monoisotopic (exact) mass is 224 g/mol. The maximum Gasteiger partial charge on any atom is 0.246 e. The Hall–Kier alpha value is -0.300. The third-order valence-corrected chi connectivity index (χ3v) is 2.68. The zero-order chi connectivity index (χ0) is 11.2. The summed E-state index contributed by atoms with van der Waals surface area (Å²) in [6.07, 6.45) is -5.08. The van der Waals surface area contributed by atoms with Gasteiger partial charge in [-0.1, -0.05) is 0 Å². The Labute approximate surface area is 86.1 Å². The summed E-state index contributed by atoms with van der Waals surface area (Å²) in [6.45, 7) is 2.84. The first-order chi connectivity index (χ1) is 6.94. The lowest BCUT2D eigenvalue weighted by Crippen LogP contribution is -2.36. The van der Waals surface area contributed by atoms with Gasteiger partial charge in [0.25, 0.3) is 0 Å². The molecule has 15 heavy (non-hydrogen) atoms. The molecule has 2 fully saturated rings. The first-order valence-electron chi connectivity index (χ1n) is 4.85. The summed E-state index contributed by atoms with van der Waals surface area (Å²) in [5, 5.41) is 8.90. The summed E-state index contributed by atoms with van der Waals surface area (Å²) >= 11 is 0. The highest BCUT2D eigenvalue weighted by atomic mass is 19.3. The topological polar surface area (TPSA) is 47.9 Å². The van der Waals surface area contributed by atoms with Crippen LogP contribution in [0.25, 0.3) is 0 Å². The lowest BCUT2D eigenvalue weighted by Gasteiger charge is -2.24. The molecule has 0 saturated carbocycles. The molecule has 88 valence electrons. The molecule has 2 saturated heterocycles. The Morgan fingerprint density at radius 1 is 1.33 bits per heavy atom.